The molecule has 6 nitrogen and oxygen atoms in total. The monoisotopic (exact) mass is 417 g/mol. The van der Waals surface area contributed by atoms with Crippen molar-refractivity contribution in [3.63, 3.8) is 0 Å². The molecule has 1 atom stereocenters. The van der Waals surface area contributed by atoms with Crippen LogP contribution in [0.2, 0.25) is 0 Å². The van der Waals surface area contributed by atoms with Crippen LogP contribution in [-0.4, -0.2) is 43.0 Å². The van der Waals surface area contributed by atoms with E-state index in [-0.39, 0.29) is 15.8 Å². The summed E-state index contributed by atoms with van der Waals surface area (Å²) in [6.45, 7) is 5.62. The van der Waals surface area contributed by atoms with Crippen molar-refractivity contribution in [2.75, 3.05) is 24.5 Å². The maximum absolute atomic E-state index is 13.2. The second-order valence-electron chi connectivity index (χ2n) is 7.30. The van der Waals surface area contributed by atoms with Crippen LogP contribution in [0.4, 0.5) is 5.69 Å². The van der Waals surface area contributed by atoms with Crippen LogP contribution >= 0.6 is 11.3 Å². The number of hydrogen-bond acceptors (Lipinski definition) is 5. The molecule has 4 rings (SSSR count). The summed E-state index contributed by atoms with van der Waals surface area (Å²) in [6, 6.07) is 13.3. The second kappa shape index (κ2) is 7.02. The Balaban J connectivity index is 1.60. The van der Waals surface area contributed by atoms with Gasteiger partial charge in [-0.3, -0.25) is 4.79 Å². The fourth-order valence-corrected chi connectivity index (χ4v) is 6.29. The Morgan fingerprint density at radius 1 is 1.11 bits per heavy atom. The number of aryl methyl sites for hydroxylation is 2. The standard InChI is InChI=1S/C20H23N3O3S2/c1-14-5-4-6-16(11-14)23-10-9-22(13-15(23)2)28(25,26)17-7-8-18-19(12-17)27-20(24)21(18)3/h4-8,11-12,15H,9-10,13H2,1-3H3/t15-/m0/s1. The van der Waals surface area contributed by atoms with Gasteiger partial charge in [-0.1, -0.05) is 23.5 Å². The molecule has 2 aromatic carbocycles. The first kappa shape index (κ1) is 19.2. The molecular weight excluding hydrogens is 394 g/mol. The van der Waals surface area contributed by atoms with E-state index in [2.05, 4.69) is 36.9 Å². The predicted octanol–water partition coefficient (Wildman–Crippen LogP) is 2.81. The lowest BCUT2D eigenvalue weighted by Crippen LogP contribution is -2.53. The average molecular weight is 418 g/mol. The predicted molar refractivity (Wildman–Crippen MR) is 114 cm³/mol. The number of anilines is 1. The van der Waals surface area contributed by atoms with Gasteiger partial charge in [0.15, 0.2) is 0 Å². The van der Waals surface area contributed by atoms with E-state index in [9.17, 15) is 13.2 Å². The molecule has 3 aromatic rings. The quantitative estimate of drug-likeness (QED) is 0.657. The first-order valence-corrected chi connectivity index (χ1v) is 11.5. The van der Waals surface area contributed by atoms with E-state index in [1.54, 1.807) is 34.1 Å². The SMILES string of the molecule is Cc1cccc(N2CCN(S(=O)(=O)c3ccc4c(c3)sc(=O)n4C)C[C@@H]2C)c1. The lowest BCUT2D eigenvalue weighted by Gasteiger charge is -2.40. The molecule has 0 N–H and O–H groups in total. The summed E-state index contributed by atoms with van der Waals surface area (Å²) in [4.78, 5) is 14.3. The molecule has 0 aliphatic carbocycles. The Morgan fingerprint density at radius 2 is 1.89 bits per heavy atom. The molecule has 0 unspecified atom stereocenters. The largest absolute Gasteiger partial charge is 0.366 e. The molecule has 1 saturated heterocycles. The molecule has 1 aliphatic heterocycles. The van der Waals surface area contributed by atoms with Gasteiger partial charge in [-0.2, -0.15) is 4.31 Å². The first-order valence-electron chi connectivity index (χ1n) is 9.20. The zero-order chi connectivity index (χ0) is 20.1. The van der Waals surface area contributed by atoms with E-state index in [1.165, 1.54) is 5.56 Å². The highest BCUT2D eigenvalue weighted by atomic mass is 32.2. The molecule has 0 amide bonds. The van der Waals surface area contributed by atoms with E-state index >= 15 is 0 Å². The fourth-order valence-electron chi connectivity index (χ4n) is 3.76. The molecule has 148 valence electrons. The molecular formula is C20H23N3O3S2. The minimum Gasteiger partial charge on any atom is -0.366 e. The van der Waals surface area contributed by atoms with Gasteiger partial charge >= 0.3 is 4.87 Å². The molecule has 28 heavy (non-hydrogen) atoms. The molecule has 1 fully saturated rings. The van der Waals surface area contributed by atoms with Crippen LogP contribution in [0.15, 0.2) is 52.2 Å². The summed E-state index contributed by atoms with van der Waals surface area (Å²) < 4.78 is 30.2. The van der Waals surface area contributed by atoms with E-state index < -0.39 is 10.0 Å². The molecule has 1 aromatic heterocycles. The Hall–Kier alpha value is -2.16. The van der Waals surface area contributed by atoms with E-state index in [0.29, 0.717) is 24.3 Å². The Labute approximate surface area is 168 Å². The highest BCUT2D eigenvalue weighted by molar-refractivity contribution is 7.89. The number of nitrogens with zero attached hydrogens (tertiary/aromatic N) is 3. The molecule has 8 heteroatoms. The summed E-state index contributed by atoms with van der Waals surface area (Å²) in [5.41, 5.74) is 3.07. The van der Waals surface area contributed by atoms with Gasteiger partial charge in [-0.15, -0.1) is 0 Å². The Kier molecular flexibility index (Phi) is 4.81. The maximum atomic E-state index is 13.2. The highest BCUT2D eigenvalue weighted by Crippen LogP contribution is 2.27. The third-order valence-corrected chi connectivity index (χ3v) is 8.18. The number of thiazole rings is 1. The van der Waals surface area contributed by atoms with E-state index in [0.717, 1.165) is 22.5 Å². The van der Waals surface area contributed by atoms with Crippen molar-refractivity contribution in [3.8, 4) is 0 Å². The van der Waals surface area contributed by atoms with Gasteiger partial charge in [0.25, 0.3) is 0 Å². The number of piperazine rings is 1. The van der Waals surface area contributed by atoms with Crippen molar-refractivity contribution in [2.24, 2.45) is 7.05 Å². The summed E-state index contributed by atoms with van der Waals surface area (Å²) in [6.07, 6.45) is 0. The Bertz CT molecular complexity index is 1200. The minimum absolute atomic E-state index is 0.0711. The third kappa shape index (κ3) is 3.25. The summed E-state index contributed by atoms with van der Waals surface area (Å²) in [5, 5.41) is 0. The van der Waals surface area contributed by atoms with Gasteiger partial charge in [0, 0.05) is 38.4 Å². The molecule has 0 spiro atoms. The molecule has 2 heterocycles. The Morgan fingerprint density at radius 3 is 2.61 bits per heavy atom. The number of rotatable bonds is 3. The van der Waals surface area contributed by atoms with Gasteiger partial charge < -0.3 is 9.47 Å². The van der Waals surface area contributed by atoms with Crippen LogP contribution in [0.5, 0.6) is 0 Å². The van der Waals surface area contributed by atoms with Crippen molar-refractivity contribution < 1.29 is 8.42 Å². The van der Waals surface area contributed by atoms with Crippen molar-refractivity contribution in [3.05, 3.63) is 57.7 Å². The van der Waals surface area contributed by atoms with Gasteiger partial charge in [-0.05, 0) is 49.7 Å². The van der Waals surface area contributed by atoms with Gasteiger partial charge in [0.1, 0.15) is 0 Å². The van der Waals surface area contributed by atoms with Crippen molar-refractivity contribution >= 4 is 37.3 Å². The number of aromatic nitrogens is 1. The van der Waals surface area contributed by atoms with E-state index in [1.807, 2.05) is 6.07 Å². The van der Waals surface area contributed by atoms with Crippen LogP contribution < -0.4 is 9.77 Å². The number of hydrogen-bond donors (Lipinski definition) is 0. The second-order valence-corrected chi connectivity index (χ2v) is 10.2. The topological polar surface area (TPSA) is 62.6 Å². The van der Waals surface area contributed by atoms with Crippen molar-refractivity contribution in [1.29, 1.82) is 0 Å². The maximum Gasteiger partial charge on any atom is 0.307 e. The highest BCUT2D eigenvalue weighted by Gasteiger charge is 2.32. The van der Waals surface area contributed by atoms with Crippen LogP contribution in [0.3, 0.4) is 0 Å². The third-order valence-electron chi connectivity index (χ3n) is 5.33. The van der Waals surface area contributed by atoms with E-state index in [4.69, 9.17) is 0 Å². The fraction of sp³-hybridized carbons (Fsp3) is 0.350. The summed E-state index contributed by atoms with van der Waals surface area (Å²) >= 11 is 1.07. The van der Waals surface area contributed by atoms with Crippen LogP contribution in [0.25, 0.3) is 10.2 Å². The zero-order valence-corrected chi connectivity index (χ0v) is 17.8. The van der Waals surface area contributed by atoms with Crippen LogP contribution in [0, 0.1) is 6.92 Å². The molecule has 0 saturated carbocycles. The zero-order valence-electron chi connectivity index (χ0n) is 16.1. The van der Waals surface area contributed by atoms with Crippen LogP contribution in [-0.2, 0) is 17.1 Å². The van der Waals surface area contributed by atoms with Crippen molar-refractivity contribution in [1.82, 2.24) is 8.87 Å². The normalized spacial score (nSPS) is 18.7. The lowest BCUT2D eigenvalue weighted by molar-refractivity contribution is 0.342. The minimum atomic E-state index is -3.60. The smallest absolute Gasteiger partial charge is 0.307 e. The number of benzene rings is 2. The molecule has 0 radical (unpaired) electrons. The average Bonchev–Trinajstić information content (AvgIpc) is 2.95. The summed E-state index contributed by atoms with van der Waals surface area (Å²) in [5.74, 6) is 0. The molecule has 0 bridgehead atoms. The first-order chi connectivity index (χ1) is 13.3. The van der Waals surface area contributed by atoms with Crippen molar-refractivity contribution in [2.45, 2.75) is 24.8 Å². The number of fused-ring (bicyclic) bond motifs is 1. The number of sulfonamides is 1. The summed E-state index contributed by atoms with van der Waals surface area (Å²) in [7, 11) is -1.91. The van der Waals surface area contributed by atoms with Gasteiger partial charge in [-0.25, -0.2) is 8.42 Å². The van der Waals surface area contributed by atoms with Gasteiger partial charge in [0.2, 0.25) is 10.0 Å². The van der Waals surface area contributed by atoms with Crippen LogP contribution in [0.1, 0.15) is 12.5 Å². The molecule has 1 aliphatic rings. The van der Waals surface area contributed by atoms with Gasteiger partial charge in [0.05, 0.1) is 15.1 Å². The lowest BCUT2D eigenvalue weighted by atomic mass is 10.1.